The first-order valence-corrected chi connectivity index (χ1v) is 6.85. The number of hydrogen-bond acceptors (Lipinski definition) is 1. The van der Waals surface area contributed by atoms with E-state index in [0.29, 0.717) is 0 Å². The summed E-state index contributed by atoms with van der Waals surface area (Å²) < 4.78 is 0. The second-order valence-electron chi connectivity index (χ2n) is 6.73. The van der Waals surface area contributed by atoms with Crippen molar-refractivity contribution in [3.63, 3.8) is 0 Å². The van der Waals surface area contributed by atoms with Gasteiger partial charge in [0.1, 0.15) is 0 Å². The topological polar surface area (TPSA) is 32.3 Å². The molecule has 0 spiro atoms. The van der Waals surface area contributed by atoms with Gasteiger partial charge in [-0.25, -0.2) is 4.79 Å². The molecule has 3 heteroatoms. The van der Waals surface area contributed by atoms with Gasteiger partial charge in [-0.3, -0.25) is 0 Å². The summed E-state index contributed by atoms with van der Waals surface area (Å²) in [6, 6.07) is 8.65. The fourth-order valence-corrected chi connectivity index (χ4v) is 2.22. The van der Waals surface area contributed by atoms with Crippen LogP contribution in [0.3, 0.4) is 0 Å². The molecule has 104 valence electrons. The fourth-order valence-electron chi connectivity index (χ4n) is 2.22. The van der Waals surface area contributed by atoms with E-state index >= 15 is 0 Å². The normalized spacial score (nSPS) is 16.9. The lowest BCUT2D eigenvalue weighted by molar-refractivity contribution is 0.211. The van der Waals surface area contributed by atoms with Crippen LogP contribution in [-0.2, 0) is 11.0 Å². The SMILES string of the molecule is CN(C)C(=O)NC1(c2ccc(C(C)(C)C)cc2)CC1. The molecule has 0 unspecified atom stereocenters. The average Bonchev–Trinajstić information content (AvgIpc) is 3.09. The molecule has 1 aromatic rings. The van der Waals surface area contributed by atoms with Crippen molar-refractivity contribution in [3.05, 3.63) is 35.4 Å². The Morgan fingerprint density at radius 3 is 2.05 bits per heavy atom. The zero-order valence-electron chi connectivity index (χ0n) is 12.6. The van der Waals surface area contributed by atoms with Gasteiger partial charge in [0, 0.05) is 14.1 Å². The average molecular weight is 260 g/mol. The molecular weight excluding hydrogens is 236 g/mol. The Labute approximate surface area is 116 Å². The van der Waals surface area contributed by atoms with Gasteiger partial charge in [0.25, 0.3) is 0 Å². The molecule has 1 saturated carbocycles. The summed E-state index contributed by atoms with van der Waals surface area (Å²) in [6.07, 6.45) is 2.06. The highest BCUT2D eigenvalue weighted by Gasteiger charge is 2.45. The summed E-state index contributed by atoms with van der Waals surface area (Å²) >= 11 is 0. The molecule has 0 aromatic heterocycles. The lowest BCUT2D eigenvalue weighted by Gasteiger charge is -2.23. The third-order valence-corrected chi connectivity index (χ3v) is 3.81. The van der Waals surface area contributed by atoms with Gasteiger partial charge in [0.2, 0.25) is 0 Å². The highest BCUT2D eigenvalue weighted by Crippen LogP contribution is 2.45. The van der Waals surface area contributed by atoms with Crippen LogP contribution in [-0.4, -0.2) is 25.0 Å². The molecule has 3 nitrogen and oxygen atoms in total. The molecule has 0 saturated heterocycles. The minimum atomic E-state index is -0.127. The Balaban J connectivity index is 2.16. The van der Waals surface area contributed by atoms with E-state index in [1.54, 1.807) is 19.0 Å². The Bertz CT molecular complexity index is 465. The van der Waals surface area contributed by atoms with Gasteiger partial charge in [0.15, 0.2) is 0 Å². The molecule has 0 aliphatic heterocycles. The van der Waals surface area contributed by atoms with Crippen molar-refractivity contribution in [2.75, 3.05) is 14.1 Å². The van der Waals surface area contributed by atoms with E-state index in [1.165, 1.54) is 11.1 Å². The number of rotatable bonds is 2. The van der Waals surface area contributed by atoms with Crippen molar-refractivity contribution >= 4 is 6.03 Å². The summed E-state index contributed by atoms with van der Waals surface area (Å²) in [7, 11) is 3.54. The molecule has 1 N–H and O–H groups in total. The molecule has 1 aliphatic rings. The van der Waals surface area contributed by atoms with Crippen molar-refractivity contribution in [2.24, 2.45) is 0 Å². The van der Waals surface area contributed by atoms with Gasteiger partial charge in [-0.2, -0.15) is 0 Å². The second-order valence-corrected chi connectivity index (χ2v) is 6.73. The lowest BCUT2D eigenvalue weighted by Crippen LogP contribution is -2.41. The van der Waals surface area contributed by atoms with E-state index in [0.717, 1.165) is 12.8 Å². The zero-order valence-corrected chi connectivity index (χ0v) is 12.6. The smallest absolute Gasteiger partial charge is 0.317 e. The number of urea groups is 1. The molecular formula is C16H24N2O. The first-order valence-electron chi connectivity index (χ1n) is 6.85. The first kappa shape index (κ1) is 13.9. The molecule has 2 amide bonds. The van der Waals surface area contributed by atoms with Crippen LogP contribution in [0.4, 0.5) is 4.79 Å². The maximum atomic E-state index is 11.8. The van der Waals surface area contributed by atoms with Crippen LogP contribution in [0.25, 0.3) is 0 Å². The number of carbonyl (C=O) groups excluding carboxylic acids is 1. The fraction of sp³-hybridized carbons (Fsp3) is 0.562. The quantitative estimate of drug-likeness (QED) is 0.870. The van der Waals surface area contributed by atoms with Gasteiger partial charge < -0.3 is 10.2 Å². The molecule has 1 aromatic carbocycles. The monoisotopic (exact) mass is 260 g/mol. The van der Waals surface area contributed by atoms with Crippen molar-refractivity contribution in [1.29, 1.82) is 0 Å². The number of nitrogens with one attached hydrogen (secondary N) is 1. The summed E-state index contributed by atoms with van der Waals surface area (Å²) in [5.41, 5.74) is 2.58. The van der Waals surface area contributed by atoms with E-state index in [4.69, 9.17) is 0 Å². The van der Waals surface area contributed by atoms with Crippen LogP contribution >= 0.6 is 0 Å². The molecule has 0 radical (unpaired) electrons. The van der Waals surface area contributed by atoms with Crippen molar-refractivity contribution in [2.45, 2.75) is 44.6 Å². The van der Waals surface area contributed by atoms with E-state index in [-0.39, 0.29) is 17.0 Å². The van der Waals surface area contributed by atoms with Crippen molar-refractivity contribution in [1.82, 2.24) is 10.2 Å². The highest BCUT2D eigenvalue weighted by atomic mass is 16.2. The van der Waals surface area contributed by atoms with Crippen LogP contribution in [0.5, 0.6) is 0 Å². The molecule has 1 fully saturated rings. The van der Waals surface area contributed by atoms with Gasteiger partial charge in [-0.15, -0.1) is 0 Å². The maximum absolute atomic E-state index is 11.8. The number of hydrogen-bond donors (Lipinski definition) is 1. The zero-order chi connectivity index (χ0) is 14.3. The molecule has 0 heterocycles. The van der Waals surface area contributed by atoms with Gasteiger partial charge in [0.05, 0.1) is 5.54 Å². The molecule has 0 bridgehead atoms. The Morgan fingerprint density at radius 1 is 1.16 bits per heavy atom. The summed E-state index contributed by atoms with van der Waals surface area (Å²) in [6.45, 7) is 6.63. The van der Waals surface area contributed by atoms with Crippen LogP contribution in [0.15, 0.2) is 24.3 Å². The van der Waals surface area contributed by atoms with Crippen molar-refractivity contribution < 1.29 is 4.79 Å². The highest BCUT2D eigenvalue weighted by molar-refractivity contribution is 5.75. The van der Waals surface area contributed by atoms with Crippen LogP contribution in [0.1, 0.15) is 44.7 Å². The van der Waals surface area contributed by atoms with E-state index < -0.39 is 0 Å². The van der Waals surface area contributed by atoms with Crippen molar-refractivity contribution in [3.8, 4) is 0 Å². The Morgan fingerprint density at radius 2 is 1.68 bits per heavy atom. The second kappa shape index (κ2) is 4.55. The maximum Gasteiger partial charge on any atom is 0.317 e. The molecule has 1 aliphatic carbocycles. The van der Waals surface area contributed by atoms with Gasteiger partial charge in [-0.1, -0.05) is 45.0 Å². The standard InChI is InChI=1S/C16H24N2O/c1-15(2,3)12-6-8-13(9-7-12)16(10-11-16)17-14(19)18(4)5/h6-9H,10-11H2,1-5H3,(H,17,19). The van der Waals surface area contributed by atoms with Crippen LogP contribution < -0.4 is 5.32 Å². The Kier molecular flexibility index (Phi) is 3.33. The van der Waals surface area contributed by atoms with E-state index in [9.17, 15) is 4.79 Å². The third kappa shape index (κ3) is 2.91. The minimum Gasteiger partial charge on any atom is -0.331 e. The minimum absolute atomic E-state index is 0.0163. The van der Waals surface area contributed by atoms with E-state index in [2.05, 4.69) is 50.4 Å². The van der Waals surface area contributed by atoms with Crippen LogP contribution in [0, 0.1) is 0 Å². The number of amides is 2. The summed E-state index contributed by atoms with van der Waals surface area (Å²) in [5, 5.41) is 3.13. The number of nitrogens with zero attached hydrogens (tertiary/aromatic N) is 1. The number of carbonyl (C=O) groups is 1. The van der Waals surface area contributed by atoms with Crippen LogP contribution in [0.2, 0.25) is 0 Å². The Hall–Kier alpha value is -1.51. The summed E-state index contributed by atoms with van der Waals surface area (Å²) in [5.74, 6) is 0. The van der Waals surface area contributed by atoms with E-state index in [1.807, 2.05) is 0 Å². The molecule has 2 rings (SSSR count). The third-order valence-electron chi connectivity index (χ3n) is 3.81. The van der Waals surface area contributed by atoms with Gasteiger partial charge >= 0.3 is 6.03 Å². The largest absolute Gasteiger partial charge is 0.331 e. The number of benzene rings is 1. The molecule has 0 atom stereocenters. The lowest BCUT2D eigenvalue weighted by atomic mass is 9.86. The molecule has 19 heavy (non-hydrogen) atoms. The predicted molar refractivity (Wildman–Crippen MR) is 78.3 cm³/mol. The first-order chi connectivity index (χ1) is 8.74. The summed E-state index contributed by atoms with van der Waals surface area (Å²) in [4.78, 5) is 13.4. The van der Waals surface area contributed by atoms with Gasteiger partial charge in [-0.05, 0) is 29.4 Å². The predicted octanol–water partition coefficient (Wildman–Crippen LogP) is 3.24.